The molecule has 0 radical (unpaired) electrons. The van der Waals surface area contributed by atoms with E-state index in [1.807, 2.05) is 4.90 Å². The molecule has 1 aliphatic heterocycles. The molecule has 82 valence electrons. The van der Waals surface area contributed by atoms with E-state index >= 15 is 0 Å². The Hall–Kier alpha value is -0.610. The number of hydrogen-bond donors (Lipinski definition) is 2. The molecule has 1 saturated heterocycles. The zero-order valence-corrected chi connectivity index (χ0v) is 8.83. The fraction of sp³-hybridized carbons (Fsp3) is 0.900. The van der Waals surface area contributed by atoms with Crippen LogP contribution >= 0.6 is 0 Å². The number of nitrogens with zero attached hydrogens (tertiary/aromatic N) is 1. The quantitative estimate of drug-likeness (QED) is 0.619. The second-order valence-corrected chi connectivity index (χ2v) is 3.90. The molecule has 0 aromatic heterocycles. The zero-order valence-electron chi connectivity index (χ0n) is 8.83. The van der Waals surface area contributed by atoms with Crippen LogP contribution in [0.2, 0.25) is 0 Å². The number of carbonyl (C=O) groups excluding carboxylic acids is 1. The third-order valence-electron chi connectivity index (χ3n) is 2.69. The number of carbonyl (C=O) groups is 1. The molecule has 2 N–H and O–H groups in total. The second kappa shape index (κ2) is 5.98. The van der Waals surface area contributed by atoms with Gasteiger partial charge in [0.05, 0.1) is 6.61 Å². The van der Waals surface area contributed by atoms with Gasteiger partial charge in [0.15, 0.2) is 0 Å². The average Bonchev–Trinajstić information content (AvgIpc) is 2.19. The molecule has 0 aromatic rings. The van der Waals surface area contributed by atoms with Crippen molar-refractivity contribution < 1.29 is 9.90 Å². The third-order valence-corrected chi connectivity index (χ3v) is 2.69. The summed E-state index contributed by atoms with van der Waals surface area (Å²) in [5, 5.41) is 11.8. The molecule has 0 saturated carbocycles. The number of aliphatic hydroxyl groups is 1. The van der Waals surface area contributed by atoms with Crippen LogP contribution in [-0.4, -0.2) is 48.7 Å². The van der Waals surface area contributed by atoms with Crippen LogP contribution in [0.4, 0.5) is 0 Å². The monoisotopic (exact) mass is 200 g/mol. The van der Waals surface area contributed by atoms with Crippen molar-refractivity contribution >= 4 is 5.91 Å². The van der Waals surface area contributed by atoms with E-state index in [1.54, 1.807) is 6.92 Å². The molecule has 0 bridgehead atoms. The van der Waals surface area contributed by atoms with Crippen LogP contribution < -0.4 is 5.32 Å². The molecule has 0 aliphatic carbocycles. The van der Waals surface area contributed by atoms with E-state index in [9.17, 15) is 4.79 Å². The second-order valence-electron chi connectivity index (χ2n) is 3.90. The van der Waals surface area contributed by atoms with Crippen LogP contribution in [0.5, 0.6) is 0 Å². The molecular formula is C10H20N2O2. The van der Waals surface area contributed by atoms with Crippen LogP contribution in [0.15, 0.2) is 0 Å². The highest BCUT2D eigenvalue weighted by Gasteiger charge is 2.20. The zero-order chi connectivity index (χ0) is 10.4. The maximum absolute atomic E-state index is 11.1. The Morgan fingerprint density at radius 3 is 3.07 bits per heavy atom. The van der Waals surface area contributed by atoms with E-state index in [4.69, 9.17) is 5.11 Å². The fourth-order valence-electron chi connectivity index (χ4n) is 1.90. The highest BCUT2D eigenvalue weighted by Crippen LogP contribution is 2.15. The molecule has 4 nitrogen and oxygen atoms in total. The van der Waals surface area contributed by atoms with Gasteiger partial charge < -0.3 is 15.3 Å². The Morgan fingerprint density at radius 1 is 1.64 bits per heavy atom. The minimum absolute atomic E-state index is 0.178. The molecular weight excluding hydrogens is 180 g/mol. The van der Waals surface area contributed by atoms with Crippen LogP contribution in [0.3, 0.4) is 0 Å². The van der Waals surface area contributed by atoms with Crippen molar-refractivity contribution in [2.24, 2.45) is 5.92 Å². The summed E-state index contributed by atoms with van der Waals surface area (Å²) in [7, 11) is 0. The maximum Gasteiger partial charge on any atom is 0.219 e. The Balaban J connectivity index is 2.22. The summed E-state index contributed by atoms with van der Waals surface area (Å²) in [4.78, 5) is 13.1. The Bertz CT molecular complexity index is 185. The molecule has 0 spiro atoms. The van der Waals surface area contributed by atoms with Gasteiger partial charge in [-0.15, -0.1) is 0 Å². The van der Waals surface area contributed by atoms with E-state index in [0.717, 1.165) is 26.1 Å². The van der Waals surface area contributed by atoms with E-state index in [2.05, 4.69) is 5.32 Å². The van der Waals surface area contributed by atoms with Crippen molar-refractivity contribution in [3.63, 3.8) is 0 Å². The minimum atomic E-state index is 0.178. The number of rotatable bonds is 4. The van der Waals surface area contributed by atoms with Crippen molar-refractivity contribution in [3.05, 3.63) is 0 Å². The Kier molecular flexibility index (Phi) is 4.90. The number of hydrogen-bond acceptors (Lipinski definition) is 3. The van der Waals surface area contributed by atoms with Crippen LogP contribution in [0, 0.1) is 5.92 Å². The lowest BCUT2D eigenvalue weighted by molar-refractivity contribution is -0.130. The SMILES string of the molecule is CC(=O)N1CCC[C@H](CNCCO)C1. The van der Waals surface area contributed by atoms with Crippen LogP contribution in [0.1, 0.15) is 19.8 Å². The van der Waals surface area contributed by atoms with Gasteiger partial charge in [0.2, 0.25) is 5.91 Å². The first-order valence-corrected chi connectivity index (χ1v) is 5.31. The molecule has 1 heterocycles. The molecule has 0 unspecified atom stereocenters. The first-order valence-electron chi connectivity index (χ1n) is 5.31. The normalized spacial score (nSPS) is 22.4. The average molecular weight is 200 g/mol. The smallest absolute Gasteiger partial charge is 0.219 e. The van der Waals surface area contributed by atoms with Gasteiger partial charge >= 0.3 is 0 Å². The summed E-state index contributed by atoms with van der Waals surface area (Å²) in [5.74, 6) is 0.732. The van der Waals surface area contributed by atoms with Gasteiger partial charge in [-0.25, -0.2) is 0 Å². The highest BCUT2D eigenvalue weighted by molar-refractivity contribution is 5.73. The molecule has 14 heavy (non-hydrogen) atoms. The summed E-state index contributed by atoms with van der Waals surface area (Å²) < 4.78 is 0. The standard InChI is InChI=1S/C10H20N2O2/c1-9(14)12-5-2-3-10(8-12)7-11-4-6-13/h10-11,13H,2-8H2,1H3/t10-/m1/s1. The van der Waals surface area contributed by atoms with E-state index in [0.29, 0.717) is 12.5 Å². The van der Waals surface area contributed by atoms with Gasteiger partial charge in [-0.1, -0.05) is 0 Å². The molecule has 1 amide bonds. The largest absolute Gasteiger partial charge is 0.395 e. The number of nitrogens with one attached hydrogen (secondary N) is 1. The topological polar surface area (TPSA) is 52.6 Å². The predicted octanol–water partition coefficient (Wildman–Crippen LogP) is -0.173. The number of piperidine rings is 1. The van der Waals surface area contributed by atoms with Gasteiger partial charge in [0.1, 0.15) is 0 Å². The molecule has 1 aliphatic rings. The summed E-state index contributed by atoms with van der Waals surface area (Å²) in [6.45, 7) is 5.15. The number of amides is 1. The lowest BCUT2D eigenvalue weighted by Gasteiger charge is -2.32. The van der Waals surface area contributed by atoms with Crippen molar-refractivity contribution in [1.29, 1.82) is 0 Å². The summed E-state index contributed by atoms with van der Waals surface area (Å²) >= 11 is 0. The molecule has 4 heteroatoms. The first kappa shape index (κ1) is 11.5. The number of likely N-dealkylation sites (tertiary alicyclic amines) is 1. The molecule has 0 aromatic carbocycles. The lowest BCUT2D eigenvalue weighted by Crippen LogP contribution is -2.42. The minimum Gasteiger partial charge on any atom is -0.395 e. The van der Waals surface area contributed by atoms with Gasteiger partial charge in [0.25, 0.3) is 0 Å². The first-order chi connectivity index (χ1) is 6.74. The van der Waals surface area contributed by atoms with E-state index in [1.165, 1.54) is 6.42 Å². The molecule has 1 atom stereocenters. The van der Waals surface area contributed by atoms with Gasteiger partial charge in [0, 0.05) is 26.6 Å². The highest BCUT2D eigenvalue weighted by atomic mass is 16.3. The van der Waals surface area contributed by atoms with Crippen molar-refractivity contribution in [2.75, 3.05) is 32.8 Å². The van der Waals surface area contributed by atoms with Crippen molar-refractivity contribution in [3.8, 4) is 0 Å². The summed E-state index contributed by atoms with van der Waals surface area (Å²) in [5.41, 5.74) is 0. The van der Waals surface area contributed by atoms with Crippen molar-refractivity contribution in [2.45, 2.75) is 19.8 Å². The van der Waals surface area contributed by atoms with Gasteiger partial charge in [-0.05, 0) is 25.3 Å². The Morgan fingerprint density at radius 2 is 2.43 bits per heavy atom. The van der Waals surface area contributed by atoms with Crippen molar-refractivity contribution in [1.82, 2.24) is 10.2 Å². The third kappa shape index (κ3) is 3.64. The number of aliphatic hydroxyl groups excluding tert-OH is 1. The van der Waals surface area contributed by atoms with Gasteiger partial charge in [-0.2, -0.15) is 0 Å². The predicted molar refractivity (Wildman–Crippen MR) is 54.9 cm³/mol. The fourth-order valence-corrected chi connectivity index (χ4v) is 1.90. The van der Waals surface area contributed by atoms with E-state index in [-0.39, 0.29) is 12.5 Å². The van der Waals surface area contributed by atoms with Crippen LogP contribution in [0.25, 0.3) is 0 Å². The summed E-state index contributed by atoms with van der Waals surface area (Å²) in [6, 6.07) is 0. The van der Waals surface area contributed by atoms with E-state index < -0.39 is 0 Å². The van der Waals surface area contributed by atoms with Gasteiger partial charge in [-0.3, -0.25) is 4.79 Å². The van der Waals surface area contributed by atoms with Crippen LogP contribution in [-0.2, 0) is 4.79 Å². The maximum atomic E-state index is 11.1. The Labute approximate surface area is 85.3 Å². The summed E-state index contributed by atoms with van der Waals surface area (Å²) in [6.07, 6.45) is 2.28. The lowest BCUT2D eigenvalue weighted by atomic mass is 9.98. The molecule has 1 rings (SSSR count). The molecule has 1 fully saturated rings.